The van der Waals surface area contributed by atoms with E-state index in [0.29, 0.717) is 37.5 Å². The zero-order valence-corrected chi connectivity index (χ0v) is 17.7. The van der Waals surface area contributed by atoms with Crippen LogP contribution in [0, 0.1) is 0 Å². The summed E-state index contributed by atoms with van der Waals surface area (Å²) in [6, 6.07) is 11.3. The average molecular weight is 418 g/mol. The third-order valence-electron chi connectivity index (χ3n) is 6.38. The Bertz CT molecular complexity index is 1210. The third kappa shape index (κ3) is 3.25. The van der Waals surface area contributed by atoms with Crippen LogP contribution in [-0.2, 0) is 10.2 Å². The Labute approximate surface area is 180 Å². The number of H-pyrrole nitrogens is 1. The van der Waals surface area contributed by atoms with E-state index in [1.807, 2.05) is 36.4 Å². The molecule has 1 aliphatic carbocycles. The van der Waals surface area contributed by atoms with Crippen molar-refractivity contribution in [1.29, 1.82) is 0 Å². The van der Waals surface area contributed by atoms with Gasteiger partial charge in [-0.3, -0.25) is 14.5 Å². The number of anilines is 1. The van der Waals surface area contributed by atoms with E-state index in [1.54, 1.807) is 0 Å². The van der Waals surface area contributed by atoms with Crippen LogP contribution in [0.4, 0.5) is 5.69 Å². The fourth-order valence-corrected chi connectivity index (χ4v) is 4.69. The van der Waals surface area contributed by atoms with Crippen molar-refractivity contribution < 1.29 is 14.3 Å². The number of nitrogens with zero attached hydrogens (tertiary/aromatic N) is 1. The fraction of sp³-hybridized carbons (Fsp3) is 0.333. The number of ether oxygens (including phenoxy) is 1. The first-order chi connectivity index (χ1) is 14.8. The second-order valence-electron chi connectivity index (χ2n) is 8.82. The molecule has 1 fully saturated rings. The topological polar surface area (TPSA) is 100 Å². The quantitative estimate of drug-likeness (QED) is 0.565. The van der Waals surface area contributed by atoms with Gasteiger partial charge in [-0.1, -0.05) is 19.9 Å². The number of carbonyl (C=O) groups is 2. The lowest BCUT2D eigenvalue weighted by molar-refractivity contribution is -0.124. The summed E-state index contributed by atoms with van der Waals surface area (Å²) >= 11 is 0. The lowest BCUT2D eigenvalue weighted by Crippen LogP contribution is -2.48. The summed E-state index contributed by atoms with van der Waals surface area (Å²) in [4.78, 5) is 30.4. The summed E-state index contributed by atoms with van der Waals surface area (Å²) in [6.45, 7) is 7.30. The second kappa shape index (κ2) is 7.13. The Hall–Kier alpha value is -3.32. The Morgan fingerprint density at radius 2 is 2.00 bits per heavy atom. The molecule has 1 aliphatic heterocycles. The van der Waals surface area contributed by atoms with Crippen molar-refractivity contribution in [2.45, 2.75) is 19.3 Å². The minimum Gasteiger partial charge on any atom is -0.492 e. The molecular formula is C24H26N4O3. The van der Waals surface area contributed by atoms with E-state index in [9.17, 15) is 9.59 Å². The number of amides is 1. The standard InChI is InChI=1S/C24H26N4O3/c1-24(2)18-12-15(31-10-9-28-8-7-26-20(29)13-28)4-6-16(18)22(30)21-17-5-3-14(25)11-19(17)27-23(21)24/h3-6,11-12,27H,7-10,13,25H2,1-2H3,(H,26,29). The molecule has 160 valence electrons. The molecule has 1 amide bonds. The predicted octanol–water partition coefficient (Wildman–Crippen LogP) is 2.43. The van der Waals surface area contributed by atoms with Gasteiger partial charge in [0.25, 0.3) is 0 Å². The molecule has 0 spiro atoms. The molecule has 3 aromatic rings. The van der Waals surface area contributed by atoms with Gasteiger partial charge < -0.3 is 20.8 Å². The molecule has 1 aromatic heterocycles. The number of piperazine rings is 1. The summed E-state index contributed by atoms with van der Waals surface area (Å²) in [5.74, 6) is 0.798. The van der Waals surface area contributed by atoms with Crippen LogP contribution in [-0.4, -0.2) is 54.4 Å². The lowest BCUT2D eigenvalue weighted by Gasteiger charge is -2.32. The van der Waals surface area contributed by atoms with Gasteiger partial charge in [-0.15, -0.1) is 0 Å². The van der Waals surface area contributed by atoms with Crippen LogP contribution in [0.15, 0.2) is 36.4 Å². The molecule has 1 saturated heterocycles. The lowest BCUT2D eigenvalue weighted by atomic mass is 9.71. The molecule has 0 saturated carbocycles. The van der Waals surface area contributed by atoms with Crippen molar-refractivity contribution in [3.05, 3.63) is 58.8 Å². The zero-order valence-electron chi connectivity index (χ0n) is 17.7. The number of ketones is 1. The number of carbonyl (C=O) groups excluding carboxylic acids is 2. The molecule has 2 heterocycles. The molecule has 0 radical (unpaired) electrons. The second-order valence-corrected chi connectivity index (χ2v) is 8.82. The van der Waals surface area contributed by atoms with Crippen LogP contribution in [0.3, 0.4) is 0 Å². The van der Waals surface area contributed by atoms with Crippen LogP contribution >= 0.6 is 0 Å². The zero-order chi connectivity index (χ0) is 21.8. The smallest absolute Gasteiger partial charge is 0.234 e. The molecule has 2 aliphatic rings. The van der Waals surface area contributed by atoms with Crippen LogP contribution in [0.1, 0.15) is 41.0 Å². The van der Waals surface area contributed by atoms with E-state index in [0.717, 1.165) is 40.0 Å². The van der Waals surface area contributed by atoms with Gasteiger partial charge in [0.15, 0.2) is 5.78 Å². The van der Waals surface area contributed by atoms with E-state index in [-0.39, 0.29) is 11.7 Å². The van der Waals surface area contributed by atoms with Gasteiger partial charge in [-0.25, -0.2) is 0 Å². The average Bonchev–Trinajstić information content (AvgIpc) is 3.12. The van der Waals surface area contributed by atoms with Crippen molar-refractivity contribution in [1.82, 2.24) is 15.2 Å². The number of nitrogens with two attached hydrogens (primary N) is 1. The van der Waals surface area contributed by atoms with Crippen molar-refractivity contribution in [2.24, 2.45) is 0 Å². The van der Waals surface area contributed by atoms with Crippen LogP contribution < -0.4 is 15.8 Å². The maximum absolute atomic E-state index is 13.4. The van der Waals surface area contributed by atoms with Gasteiger partial charge >= 0.3 is 0 Å². The highest BCUT2D eigenvalue weighted by molar-refractivity contribution is 6.20. The molecule has 0 unspecified atom stereocenters. The Morgan fingerprint density at radius 3 is 2.81 bits per heavy atom. The van der Waals surface area contributed by atoms with Crippen LogP contribution in [0.2, 0.25) is 0 Å². The first kappa shape index (κ1) is 19.6. The molecule has 4 N–H and O–H groups in total. The fourth-order valence-electron chi connectivity index (χ4n) is 4.69. The summed E-state index contributed by atoms with van der Waals surface area (Å²) in [7, 11) is 0. The number of hydrogen-bond donors (Lipinski definition) is 3. The Morgan fingerprint density at radius 1 is 1.16 bits per heavy atom. The minimum absolute atomic E-state index is 0.0197. The number of benzene rings is 2. The summed E-state index contributed by atoms with van der Waals surface area (Å²) in [5, 5.41) is 3.73. The highest BCUT2D eigenvalue weighted by Crippen LogP contribution is 2.44. The van der Waals surface area contributed by atoms with Crippen molar-refractivity contribution in [3.63, 3.8) is 0 Å². The summed E-state index contributed by atoms with van der Waals surface area (Å²) in [5.41, 5.74) is 10.4. The number of aromatic nitrogens is 1. The summed E-state index contributed by atoms with van der Waals surface area (Å²) < 4.78 is 5.99. The number of aromatic amines is 1. The molecule has 2 aromatic carbocycles. The van der Waals surface area contributed by atoms with Crippen molar-refractivity contribution in [2.75, 3.05) is 38.5 Å². The molecular weight excluding hydrogens is 392 g/mol. The van der Waals surface area contributed by atoms with Gasteiger partial charge in [0, 0.05) is 52.9 Å². The van der Waals surface area contributed by atoms with Gasteiger partial charge in [-0.05, 0) is 35.9 Å². The number of nitrogens with one attached hydrogen (secondary N) is 2. The monoisotopic (exact) mass is 418 g/mol. The van der Waals surface area contributed by atoms with Crippen molar-refractivity contribution in [3.8, 4) is 5.75 Å². The highest BCUT2D eigenvalue weighted by atomic mass is 16.5. The number of hydrogen-bond acceptors (Lipinski definition) is 5. The van der Waals surface area contributed by atoms with Gasteiger partial charge in [0.05, 0.1) is 12.1 Å². The predicted molar refractivity (Wildman–Crippen MR) is 120 cm³/mol. The minimum atomic E-state index is -0.392. The maximum Gasteiger partial charge on any atom is 0.234 e. The molecule has 5 rings (SSSR count). The van der Waals surface area contributed by atoms with Gasteiger partial charge in [0.1, 0.15) is 12.4 Å². The van der Waals surface area contributed by atoms with Crippen LogP contribution in [0.5, 0.6) is 5.75 Å². The van der Waals surface area contributed by atoms with Gasteiger partial charge in [0.2, 0.25) is 5.91 Å². The largest absolute Gasteiger partial charge is 0.492 e. The maximum atomic E-state index is 13.4. The third-order valence-corrected chi connectivity index (χ3v) is 6.38. The molecule has 0 atom stereocenters. The van der Waals surface area contributed by atoms with Crippen LogP contribution in [0.25, 0.3) is 10.9 Å². The summed E-state index contributed by atoms with van der Waals surface area (Å²) in [6.07, 6.45) is 0. The number of fused-ring (bicyclic) bond motifs is 4. The van der Waals surface area contributed by atoms with Gasteiger partial charge in [-0.2, -0.15) is 0 Å². The van der Waals surface area contributed by atoms with E-state index >= 15 is 0 Å². The van der Waals surface area contributed by atoms with E-state index in [4.69, 9.17) is 10.5 Å². The first-order valence-corrected chi connectivity index (χ1v) is 10.6. The first-order valence-electron chi connectivity index (χ1n) is 10.6. The Kier molecular flexibility index (Phi) is 4.51. The molecule has 31 heavy (non-hydrogen) atoms. The van der Waals surface area contributed by atoms with E-state index in [1.165, 1.54) is 0 Å². The highest BCUT2D eigenvalue weighted by Gasteiger charge is 2.39. The molecule has 7 heteroatoms. The van der Waals surface area contributed by atoms with E-state index in [2.05, 4.69) is 29.0 Å². The number of nitrogen functional groups attached to an aromatic ring is 1. The number of rotatable bonds is 4. The SMILES string of the molecule is CC1(C)c2cc(OCCN3CCNC(=O)C3)ccc2C(=O)c2c1[nH]c1cc(N)ccc21. The van der Waals surface area contributed by atoms with E-state index < -0.39 is 5.41 Å². The van der Waals surface area contributed by atoms with Crippen molar-refractivity contribution >= 4 is 28.3 Å². The molecule has 7 nitrogen and oxygen atoms in total. The Balaban J connectivity index is 1.42. The normalized spacial score (nSPS) is 17.9. The molecule has 0 bridgehead atoms.